The lowest BCUT2D eigenvalue weighted by molar-refractivity contribution is 0.583. The average Bonchev–Trinajstić information content (AvgIpc) is 2.32. The van der Waals surface area contributed by atoms with E-state index < -0.39 is 27.2 Å². The molecule has 3 nitrogen and oxygen atoms in total. The summed E-state index contributed by atoms with van der Waals surface area (Å²) in [6, 6.07) is 6.57. The van der Waals surface area contributed by atoms with Crippen LogP contribution >= 0.6 is 11.6 Å². The van der Waals surface area contributed by atoms with Crippen LogP contribution in [-0.2, 0) is 15.6 Å². The van der Waals surface area contributed by atoms with Crippen molar-refractivity contribution in [3.8, 4) is 0 Å². The largest absolute Gasteiger partial charge is 0.399 e. The maximum Gasteiger partial charge on any atom is 0.182 e. The van der Waals surface area contributed by atoms with E-state index >= 15 is 0 Å². The van der Waals surface area contributed by atoms with Crippen LogP contribution < -0.4 is 5.73 Å². The standard InChI is InChI=1S/C13H10ClF2NO2S/c14-9-1-2-13(16)8(3-9)7-20(18,19)12-5-10(15)4-11(17)6-12/h1-6H,7,17H2. The van der Waals surface area contributed by atoms with Gasteiger partial charge in [-0.1, -0.05) is 11.6 Å². The van der Waals surface area contributed by atoms with Crippen molar-refractivity contribution in [2.75, 3.05) is 5.73 Å². The number of halogens is 3. The summed E-state index contributed by atoms with van der Waals surface area (Å²) in [7, 11) is -3.92. The molecule has 0 fully saturated rings. The Morgan fingerprint density at radius 1 is 1.10 bits per heavy atom. The molecule has 2 aromatic carbocycles. The van der Waals surface area contributed by atoms with Crippen molar-refractivity contribution in [3.63, 3.8) is 0 Å². The van der Waals surface area contributed by atoms with Crippen LogP contribution in [0.4, 0.5) is 14.5 Å². The molecule has 0 amide bonds. The summed E-state index contributed by atoms with van der Waals surface area (Å²) in [4.78, 5) is -0.297. The van der Waals surface area contributed by atoms with Gasteiger partial charge in [-0.3, -0.25) is 0 Å². The Hall–Kier alpha value is -1.66. The maximum absolute atomic E-state index is 13.6. The molecule has 0 saturated carbocycles. The Balaban J connectivity index is 2.43. The average molecular weight is 318 g/mol. The third-order valence-corrected chi connectivity index (χ3v) is 4.49. The molecule has 0 aliphatic carbocycles. The lowest BCUT2D eigenvalue weighted by Crippen LogP contribution is -2.07. The van der Waals surface area contributed by atoms with Gasteiger partial charge in [-0.05, 0) is 36.4 Å². The molecule has 0 aromatic heterocycles. The van der Waals surface area contributed by atoms with E-state index in [4.69, 9.17) is 17.3 Å². The molecule has 0 unspecified atom stereocenters. The number of sulfone groups is 1. The minimum absolute atomic E-state index is 0.0184. The molecule has 0 aliphatic heterocycles. The van der Waals surface area contributed by atoms with E-state index in [1.807, 2.05) is 0 Å². The predicted octanol–water partition coefficient (Wildman–Crippen LogP) is 3.17. The maximum atomic E-state index is 13.6. The highest BCUT2D eigenvalue weighted by molar-refractivity contribution is 7.90. The number of nitrogen functional groups attached to an aromatic ring is 1. The zero-order chi connectivity index (χ0) is 14.9. The fraction of sp³-hybridized carbons (Fsp3) is 0.0769. The molecule has 0 saturated heterocycles. The normalized spacial score (nSPS) is 11.6. The van der Waals surface area contributed by atoms with Crippen molar-refractivity contribution in [3.05, 3.63) is 58.6 Å². The monoisotopic (exact) mass is 317 g/mol. The van der Waals surface area contributed by atoms with Gasteiger partial charge in [0.25, 0.3) is 0 Å². The van der Waals surface area contributed by atoms with Gasteiger partial charge < -0.3 is 5.73 Å². The first kappa shape index (κ1) is 14.7. The van der Waals surface area contributed by atoms with Crippen molar-refractivity contribution in [2.45, 2.75) is 10.6 Å². The van der Waals surface area contributed by atoms with Crippen molar-refractivity contribution < 1.29 is 17.2 Å². The third-order valence-electron chi connectivity index (χ3n) is 2.61. The van der Waals surface area contributed by atoms with Gasteiger partial charge in [0.15, 0.2) is 9.84 Å². The number of nitrogens with two attached hydrogens (primary N) is 1. The van der Waals surface area contributed by atoms with Crippen LogP contribution in [0.2, 0.25) is 5.02 Å². The summed E-state index contributed by atoms with van der Waals surface area (Å²) >= 11 is 5.70. The fourth-order valence-corrected chi connectivity index (χ4v) is 3.31. The highest BCUT2D eigenvalue weighted by atomic mass is 35.5. The van der Waals surface area contributed by atoms with Gasteiger partial charge in [-0.15, -0.1) is 0 Å². The Morgan fingerprint density at radius 3 is 2.45 bits per heavy atom. The summed E-state index contributed by atoms with van der Waals surface area (Å²) in [6.07, 6.45) is 0. The smallest absolute Gasteiger partial charge is 0.182 e. The van der Waals surface area contributed by atoms with Crippen molar-refractivity contribution in [2.24, 2.45) is 0 Å². The summed E-state index contributed by atoms with van der Waals surface area (Å²) in [5, 5.41) is 0.218. The number of benzene rings is 2. The highest BCUT2D eigenvalue weighted by Crippen LogP contribution is 2.23. The molecule has 7 heteroatoms. The quantitative estimate of drug-likeness (QED) is 0.884. The lowest BCUT2D eigenvalue weighted by atomic mass is 10.2. The number of anilines is 1. The van der Waals surface area contributed by atoms with Gasteiger partial charge in [0.05, 0.1) is 10.6 Å². The first-order valence-corrected chi connectivity index (χ1v) is 7.54. The number of hydrogen-bond donors (Lipinski definition) is 1. The molecule has 0 bridgehead atoms. The van der Waals surface area contributed by atoms with E-state index in [1.54, 1.807) is 0 Å². The molecule has 2 rings (SSSR count). The van der Waals surface area contributed by atoms with Gasteiger partial charge in [-0.2, -0.15) is 0 Å². The zero-order valence-corrected chi connectivity index (χ0v) is 11.7. The predicted molar refractivity (Wildman–Crippen MR) is 73.1 cm³/mol. The van der Waals surface area contributed by atoms with Gasteiger partial charge >= 0.3 is 0 Å². The molecule has 20 heavy (non-hydrogen) atoms. The van der Waals surface area contributed by atoms with Crippen LogP contribution in [0.25, 0.3) is 0 Å². The molecular weight excluding hydrogens is 308 g/mol. The Morgan fingerprint density at radius 2 is 1.80 bits per heavy atom. The summed E-state index contributed by atoms with van der Waals surface area (Å²) in [6.45, 7) is 0. The van der Waals surface area contributed by atoms with Gasteiger partial charge in [0, 0.05) is 16.3 Å². The molecular formula is C13H10ClF2NO2S. The summed E-state index contributed by atoms with van der Waals surface area (Å²) in [5.74, 6) is -2.08. The second kappa shape index (κ2) is 5.38. The number of rotatable bonds is 3. The van der Waals surface area contributed by atoms with Crippen molar-refractivity contribution in [1.82, 2.24) is 0 Å². The molecule has 0 spiro atoms. The van der Waals surface area contributed by atoms with Crippen molar-refractivity contribution in [1.29, 1.82) is 0 Å². The SMILES string of the molecule is Nc1cc(F)cc(S(=O)(=O)Cc2cc(Cl)ccc2F)c1. The Bertz CT molecular complexity index is 743. The second-order valence-electron chi connectivity index (χ2n) is 4.22. The van der Waals surface area contributed by atoms with Crippen LogP contribution in [0.15, 0.2) is 41.3 Å². The van der Waals surface area contributed by atoms with Gasteiger partial charge in [0.1, 0.15) is 11.6 Å². The van der Waals surface area contributed by atoms with Crippen LogP contribution in [0, 0.1) is 11.6 Å². The van der Waals surface area contributed by atoms with E-state index in [2.05, 4.69) is 0 Å². The summed E-state index contributed by atoms with van der Waals surface area (Å²) < 4.78 is 51.0. The molecule has 2 aromatic rings. The van der Waals surface area contributed by atoms with E-state index in [1.165, 1.54) is 12.1 Å². The third kappa shape index (κ3) is 3.26. The first-order chi connectivity index (χ1) is 9.28. The molecule has 106 valence electrons. The van der Waals surface area contributed by atoms with Crippen LogP contribution in [0.5, 0.6) is 0 Å². The van der Waals surface area contributed by atoms with Crippen LogP contribution in [0.1, 0.15) is 5.56 Å². The Kier molecular flexibility index (Phi) is 3.96. The first-order valence-electron chi connectivity index (χ1n) is 5.51. The van der Waals surface area contributed by atoms with Crippen LogP contribution in [0.3, 0.4) is 0 Å². The minimum atomic E-state index is -3.92. The summed E-state index contributed by atoms with van der Waals surface area (Å²) in [5.41, 5.74) is 5.30. The van der Waals surface area contributed by atoms with E-state index in [0.717, 1.165) is 24.3 Å². The fourth-order valence-electron chi connectivity index (χ4n) is 1.71. The molecule has 0 heterocycles. The van der Waals surface area contributed by atoms with E-state index in [9.17, 15) is 17.2 Å². The Labute approximate surface area is 119 Å². The molecule has 0 aliphatic rings. The molecule has 0 radical (unpaired) electrons. The highest BCUT2D eigenvalue weighted by Gasteiger charge is 2.19. The van der Waals surface area contributed by atoms with E-state index in [-0.39, 0.29) is 21.2 Å². The van der Waals surface area contributed by atoms with Gasteiger partial charge in [-0.25, -0.2) is 17.2 Å². The molecule has 0 atom stereocenters. The topological polar surface area (TPSA) is 60.2 Å². The van der Waals surface area contributed by atoms with E-state index in [0.29, 0.717) is 0 Å². The van der Waals surface area contributed by atoms with Gasteiger partial charge in [0.2, 0.25) is 0 Å². The van der Waals surface area contributed by atoms with Crippen LogP contribution in [-0.4, -0.2) is 8.42 Å². The number of hydrogen-bond acceptors (Lipinski definition) is 3. The lowest BCUT2D eigenvalue weighted by Gasteiger charge is -2.07. The molecule has 2 N–H and O–H groups in total. The zero-order valence-electron chi connectivity index (χ0n) is 10.1. The second-order valence-corrected chi connectivity index (χ2v) is 6.64. The van der Waals surface area contributed by atoms with Crippen molar-refractivity contribution >= 4 is 27.1 Å². The minimum Gasteiger partial charge on any atom is -0.399 e.